The lowest BCUT2D eigenvalue weighted by molar-refractivity contribution is -0.137. The SMILES string of the molecule is CC(=O)N(CC(=O)Nc1cccc(Cl)c1C)C(C)(C)C. The molecule has 20 heavy (non-hydrogen) atoms. The third-order valence-corrected chi connectivity index (χ3v) is 3.44. The van der Waals surface area contributed by atoms with Gasteiger partial charge >= 0.3 is 0 Å². The average molecular weight is 297 g/mol. The zero-order valence-corrected chi connectivity index (χ0v) is 13.3. The number of nitrogens with zero attached hydrogens (tertiary/aromatic N) is 1. The Morgan fingerprint density at radius 1 is 1.30 bits per heavy atom. The van der Waals surface area contributed by atoms with Gasteiger partial charge in [0.2, 0.25) is 11.8 Å². The van der Waals surface area contributed by atoms with Gasteiger partial charge < -0.3 is 10.2 Å². The van der Waals surface area contributed by atoms with E-state index in [1.807, 2.05) is 27.7 Å². The molecule has 0 unspecified atom stereocenters. The van der Waals surface area contributed by atoms with Crippen molar-refractivity contribution in [3.8, 4) is 0 Å². The predicted octanol–water partition coefficient (Wildman–Crippen LogP) is 3.23. The van der Waals surface area contributed by atoms with Gasteiger partial charge in [-0.15, -0.1) is 0 Å². The Morgan fingerprint density at radius 3 is 2.40 bits per heavy atom. The average Bonchev–Trinajstić information content (AvgIpc) is 2.30. The fourth-order valence-corrected chi connectivity index (χ4v) is 2.07. The lowest BCUT2D eigenvalue weighted by atomic mass is 10.1. The van der Waals surface area contributed by atoms with Gasteiger partial charge in [-0.1, -0.05) is 17.7 Å². The number of hydrogen-bond acceptors (Lipinski definition) is 2. The van der Waals surface area contributed by atoms with Gasteiger partial charge in [0.25, 0.3) is 0 Å². The van der Waals surface area contributed by atoms with Crippen LogP contribution in [0.5, 0.6) is 0 Å². The molecule has 1 aromatic carbocycles. The minimum Gasteiger partial charge on any atom is -0.329 e. The van der Waals surface area contributed by atoms with Crippen molar-refractivity contribution in [1.29, 1.82) is 0 Å². The second kappa shape index (κ2) is 6.27. The van der Waals surface area contributed by atoms with E-state index in [1.165, 1.54) is 11.8 Å². The van der Waals surface area contributed by atoms with Crippen molar-refractivity contribution in [2.45, 2.75) is 40.2 Å². The number of benzene rings is 1. The Labute approximate surface area is 125 Å². The number of carbonyl (C=O) groups excluding carboxylic acids is 2. The highest BCUT2D eigenvalue weighted by Gasteiger charge is 2.26. The fourth-order valence-electron chi connectivity index (χ4n) is 1.90. The fraction of sp³-hybridized carbons (Fsp3) is 0.467. The quantitative estimate of drug-likeness (QED) is 0.931. The van der Waals surface area contributed by atoms with E-state index in [4.69, 9.17) is 11.6 Å². The minimum atomic E-state index is -0.396. The van der Waals surface area contributed by atoms with E-state index in [0.29, 0.717) is 10.7 Å². The predicted molar refractivity (Wildman–Crippen MR) is 82.0 cm³/mol. The summed E-state index contributed by atoms with van der Waals surface area (Å²) in [7, 11) is 0. The molecule has 0 atom stereocenters. The molecule has 0 bridgehead atoms. The van der Waals surface area contributed by atoms with Gasteiger partial charge in [-0.25, -0.2) is 0 Å². The van der Waals surface area contributed by atoms with Gasteiger partial charge in [-0.3, -0.25) is 9.59 Å². The van der Waals surface area contributed by atoms with Gasteiger partial charge in [-0.2, -0.15) is 0 Å². The first kappa shape index (κ1) is 16.5. The van der Waals surface area contributed by atoms with E-state index >= 15 is 0 Å². The molecule has 1 rings (SSSR count). The summed E-state index contributed by atoms with van der Waals surface area (Å²) >= 11 is 6.01. The van der Waals surface area contributed by atoms with E-state index in [0.717, 1.165) is 5.56 Å². The maximum atomic E-state index is 12.1. The second-order valence-corrected chi connectivity index (χ2v) is 6.14. The molecule has 110 valence electrons. The maximum Gasteiger partial charge on any atom is 0.244 e. The molecule has 1 aromatic rings. The summed E-state index contributed by atoms with van der Waals surface area (Å²) < 4.78 is 0. The van der Waals surface area contributed by atoms with E-state index < -0.39 is 5.54 Å². The summed E-state index contributed by atoms with van der Waals surface area (Å²) in [5.41, 5.74) is 1.08. The summed E-state index contributed by atoms with van der Waals surface area (Å²) in [5.74, 6) is -0.365. The van der Waals surface area contributed by atoms with Crippen LogP contribution in [0, 0.1) is 6.92 Å². The summed E-state index contributed by atoms with van der Waals surface area (Å²) in [6.07, 6.45) is 0. The molecule has 1 N–H and O–H groups in total. The summed E-state index contributed by atoms with van der Waals surface area (Å²) in [5, 5.41) is 3.39. The number of carbonyl (C=O) groups is 2. The lowest BCUT2D eigenvalue weighted by Gasteiger charge is -2.34. The van der Waals surface area contributed by atoms with Crippen LogP contribution in [0.15, 0.2) is 18.2 Å². The number of amides is 2. The topological polar surface area (TPSA) is 49.4 Å². The first-order valence-electron chi connectivity index (χ1n) is 6.46. The molecule has 0 aliphatic heterocycles. The van der Waals surface area contributed by atoms with Crippen LogP contribution in [0.2, 0.25) is 5.02 Å². The normalized spacial score (nSPS) is 11.1. The van der Waals surface area contributed by atoms with E-state index in [1.54, 1.807) is 18.2 Å². The molecule has 0 aliphatic rings. The van der Waals surface area contributed by atoms with Crippen molar-refractivity contribution in [2.75, 3.05) is 11.9 Å². The van der Waals surface area contributed by atoms with Crippen LogP contribution in [0.1, 0.15) is 33.3 Å². The van der Waals surface area contributed by atoms with Crippen LogP contribution < -0.4 is 5.32 Å². The highest BCUT2D eigenvalue weighted by Crippen LogP contribution is 2.23. The molecule has 0 heterocycles. The van der Waals surface area contributed by atoms with Crippen molar-refractivity contribution in [3.05, 3.63) is 28.8 Å². The zero-order valence-electron chi connectivity index (χ0n) is 12.6. The molecule has 0 saturated heterocycles. The zero-order chi connectivity index (χ0) is 15.5. The van der Waals surface area contributed by atoms with Crippen molar-refractivity contribution < 1.29 is 9.59 Å². The van der Waals surface area contributed by atoms with Gasteiger partial charge in [0.15, 0.2) is 0 Å². The van der Waals surface area contributed by atoms with Crippen LogP contribution in [0.25, 0.3) is 0 Å². The smallest absolute Gasteiger partial charge is 0.244 e. The molecule has 0 fully saturated rings. The summed E-state index contributed by atoms with van der Waals surface area (Å²) in [6.45, 7) is 9.00. The third kappa shape index (κ3) is 4.23. The molecule has 2 amide bonds. The monoisotopic (exact) mass is 296 g/mol. The summed E-state index contributed by atoms with van der Waals surface area (Å²) in [6, 6.07) is 5.33. The summed E-state index contributed by atoms with van der Waals surface area (Å²) in [4.78, 5) is 25.2. The van der Waals surface area contributed by atoms with E-state index in [-0.39, 0.29) is 18.4 Å². The molecular formula is C15H21ClN2O2. The molecule has 4 nitrogen and oxygen atoms in total. The van der Waals surface area contributed by atoms with Gasteiger partial charge in [-0.05, 0) is 45.4 Å². The second-order valence-electron chi connectivity index (χ2n) is 5.74. The highest BCUT2D eigenvalue weighted by atomic mass is 35.5. The molecule has 0 saturated carbocycles. The molecule has 0 spiro atoms. The molecule has 5 heteroatoms. The van der Waals surface area contributed by atoms with Crippen LogP contribution in [-0.2, 0) is 9.59 Å². The van der Waals surface area contributed by atoms with Crippen LogP contribution in [0.4, 0.5) is 5.69 Å². The van der Waals surface area contributed by atoms with Crippen molar-refractivity contribution in [2.24, 2.45) is 0 Å². The van der Waals surface area contributed by atoms with Crippen LogP contribution in [0.3, 0.4) is 0 Å². The molecule has 0 aliphatic carbocycles. The Bertz CT molecular complexity index is 521. The number of halogens is 1. The number of hydrogen-bond donors (Lipinski definition) is 1. The van der Waals surface area contributed by atoms with Crippen molar-refractivity contribution >= 4 is 29.1 Å². The first-order valence-corrected chi connectivity index (χ1v) is 6.84. The number of anilines is 1. The van der Waals surface area contributed by atoms with Gasteiger partial charge in [0, 0.05) is 23.2 Å². The number of nitrogens with one attached hydrogen (secondary N) is 1. The number of rotatable bonds is 3. The van der Waals surface area contributed by atoms with Crippen LogP contribution >= 0.6 is 11.6 Å². The third-order valence-electron chi connectivity index (χ3n) is 3.03. The largest absolute Gasteiger partial charge is 0.329 e. The first-order chi connectivity index (χ1) is 9.12. The standard InChI is InChI=1S/C15H21ClN2O2/c1-10-12(16)7-6-8-13(10)17-14(20)9-18(11(2)19)15(3,4)5/h6-8H,9H2,1-5H3,(H,17,20). The van der Waals surface area contributed by atoms with Crippen molar-refractivity contribution in [3.63, 3.8) is 0 Å². The Hall–Kier alpha value is -1.55. The molecule has 0 aromatic heterocycles. The Morgan fingerprint density at radius 2 is 1.90 bits per heavy atom. The molecular weight excluding hydrogens is 276 g/mol. The lowest BCUT2D eigenvalue weighted by Crippen LogP contribution is -2.48. The Balaban J connectivity index is 2.82. The maximum absolute atomic E-state index is 12.1. The van der Waals surface area contributed by atoms with Gasteiger partial charge in [0.1, 0.15) is 6.54 Å². The minimum absolute atomic E-state index is 0.0186. The molecule has 0 radical (unpaired) electrons. The van der Waals surface area contributed by atoms with Crippen LogP contribution in [-0.4, -0.2) is 28.8 Å². The van der Waals surface area contributed by atoms with Gasteiger partial charge in [0.05, 0.1) is 0 Å². The van der Waals surface area contributed by atoms with E-state index in [2.05, 4.69) is 5.32 Å². The highest BCUT2D eigenvalue weighted by molar-refractivity contribution is 6.31. The Kier molecular flexibility index (Phi) is 5.17. The van der Waals surface area contributed by atoms with E-state index in [9.17, 15) is 9.59 Å². The van der Waals surface area contributed by atoms with Crippen molar-refractivity contribution in [1.82, 2.24) is 4.90 Å².